The minimum absolute atomic E-state index is 0.300. The summed E-state index contributed by atoms with van der Waals surface area (Å²) < 4.78 is 5.23. The predicted octanol–water partition coefficient (Wildman–Crippen LogP) is -0.0640. The van der Waals surface area contributed by atoms with E-state index in [2.05, 4.69) is 0 Å². The highest BCUT2D eigenvalue weighted by Crippen LogP contribution is 2.16. The lowest BCUT2D eigenvalue weighted by atomic mass is 10.00. The number of carbonyl (C=O) groups is 3. The lowest BCUT2D eigenvalue weighted by molar-refractivity contribution is -0.140. The van der Waals surface area contributed by atoms with Crippen LogP contribution in [-0.2, 0) is 14.3 Å². The molecular formula is C12H20N2O6. The van der Waals surface area contributed by atoms with E-state index < -0.39 is 31.1 Å². The summed E-state index contributed by atoms with van der Waals surface area (Å²) in [5.74, 6) is -2.17. The molecule has 1 rings (SSSR count). The van der Waals surface area contributed by atoms with E-state index in [4.69, 9.17) is 14.9 Å². The molecular weight excluding hydrogens is 268 g/mol. The number of hydrogen-bond donors (Lipinski definition) is 2. The number of carbonyl (C=O) groups excluding carboxylic acids is 1. The molecule has 0 bridgehead atoms. The van der Waals surface area contributed by atoms with Crippen molar-refractivity contribution in [2.24, 2.45) is 5.92 Å². The second kappa shape index (κ2) is 7.68. The molecule has 0 radical (unpaired) electrons. The fourth-order valence-electron chi connectivity index (χ4n) is 2.15. The molecule has 0 unspecified atom stereocenters. The Kier molecular flexibility index (Phi) is 6.23. The Labute approximate surface area is 116 Å². The Balaban J connectivity index is 2.56. The summed E-state index contributed by atoms with van der Waals surface area (Å²) in [7, 11) is 1.55. The van der Waals surface area contributed by atoms with Crippen LogP contribution in [0.1, 0.15) is 12.8 Å². The summed E-state index contributed by atoms with van der Waals surface area (Å²) in [5.41, 5.74) is 0. The van der Waals surface area contributed by atoms with Crippen LogP contribution in [0.3, 0.4) is 0 Å². The van der Waals surface area contributed by atoms with Crippen LogP contribution in [0.2, 0.25) is 0 Å². The van der Waals surface area contributed by atoms with E-state index in [9.17, 15) is 14.4 Å². The predicted molar refractivity (Wildman–Crippen MR) is 68.4 cm³/mol. The second-order valence-electron chi connectivity index (χ2n) is 4.86. The van der Waals surface area contributed by atoms with Crippen molar-refractivity contribution in [3.05, 3.63) is 0 Å². The van der Waals surface area contributed by atoms with E-state index in [1.807, 2.05) is 0 Å². The van der Waals surface area contributed by atoms with Gasteiger partial charge in [-0.05, 0) is 18.8 Å². The Morgan fingerprint density at radius 3 is 2.05 bits per heavy atom. The Hall–Kier alpha value is -1.83. The van der Waals surface area contributed by atoms with Crippen LogP contribution in [0.15, 0.2) is 0 Å². The first-order valence-corrected chi connectivity index (χ1v) is 6.41. The molecule has 0 aliphatic carbocycles. The summed E-state index contributed by atoms with van der Waals surface area (Å²) in [6, 6.07) is -0.582. The molecule has 1 aliphatic heterocycles. The molecule has 114 valence electrons. The average molecular weight is 288 g/mol. The highest BCUT2D eigenvalue weighted by molar-refractivity contribution is 5.84. The van der Waals surface area contributed by atoms with Crippen LogP contribution < -0.4 is 0 Å². The molecule has 1 fully saturated rings. The van der Waals surface area contributed by atoms with Crippen molar-refractivity contribution in [3.63, 3.8) is 0 Å². The molecule has 20 heavy (non-hydrogen) atoms. The number of nitrogens with zero attached hydrogens (tertiary/aromatic N) is 2. The number of aliphatic carboxylic acids is 2. The number of amides is 2. The molecule has 1 saturated heterocycles. The standard InChI is InChI=1S/C12H20N2O6/c1-13(6-9-2-4-20-5-3-9)12(19)14(7-10(15)16)8-11(17)18/h9H,2-8H2,1H3,(H,15,16)(H,17,18). The summed E-state index contributed by atoms with van der Waals surface area (Å²) >= 11 is 0. The van der Waals surface area contributed by atoms with Crippen LogP contribution in [0.25, 0.3) is 0 Å². The SMILES string of the molecule is CN(CC1CCOCC1)C(=O)N(CC(=O)O)CC(=O)O. The molecule has 1 heterocycles. The average Bonchev–Trinajstić information content (AvgIpc) is 2.37. The molecule has 0 aromatic carbocycles. The molecule has 8 nitrogen and oxygen atoms in total. The van der Waals surface area contributed by atoms with Gasteiger partial charge in [0, 0.05) is 26.8 Å². The minimum Gasteiger partial charge on any atom is -0.480 e. The van der Waals surface area contributed by atoms with Gasteiger partial charge in [0.1, 0.15) is 13.1 Å². The topological polar surface area (TPSA) is 107 Å². The smallest absolute Gasteiger partial charge is 0.323 e. The minimum atomic E-state index is -1.24. The highest BCUT2D eigenvalue weighted by Gasteiger charge is 2.25. The van der Waals surface area contributed by atoms with Crippen LogP contribution in [0.4, 0.5) is 4.79 Å². The maximum Gasteiger partial charge on any atom is 0.323 e. The van der Waals surface area contributed by atoms with E-state index in [0.717, 1.165) is 17.7 Å². The normalized spacial score (nSPS) is 15.7. The van der Waals surface area contributed by atoms with E-state index in [1.165, 1.54) is 4.90 Å². The van der Waals surface area contributed by atoms with Crippen molar-refractivity contribution in [1.82, 2.24) is 9.80 Å². The van der Waals surface area contributed by atoms with E-state index >= 15 is 0 Å². The number of carboxylic acid groups (broad SMARTS) is 2. The van der Waals surface area contributed by atoms with Gasteiger partial charge in [0.2, 0.25) is 0 Å². The fraction of sp³-hybridized carbons (Fsp3) is 0.750. The van der Waals surface area contributed by atoms with Crippen molar-refractivity contribution in [2.75, 3.05) is 39.9 Å². The number of rotatable bonds is 6. The molecule has 2 N–H and O–H groups in total. The Bertz CT molecular complexity index is 351. The van der Waals surface area contributed by atoms with Crippen molar-refractivity contribution < 1.29 is 29.3 Å². The summed E-state index contributed by atoms with van der Waals surface area (Å²) in [4.78, 5) is 35.6. The molecule has 8 heteroatoms. The van der Waals surface area contributed by atoms with Gasteiger partial charge in [-0.2, -0.15) is 0 Å². The zero-order valence-corrected chi connectivity index (χ0v) is 11.4. The number of hydrogen-bond acceptors (Lipinski definition) is 4. The van der Waals surface area contributed by atoms with Crippen LogP contribution in [-0.4, -0.2) is 77.9 Å². The zero-order chi connectivity index (χ0) is 15.1. The van der Waals surface area contributed by atoms with Crippen LogP contribution in [0, 0.1) is 5.92 Å². The Morgan fingerprint density at radius 1 is 1.10 bits per heavy atom. The number of carboxylic acids is 2. The van der Waals surface area contributed by atoms with Crippen LogP contribution >= 0.6 is 0 Å². The van der Waals surface area contributed by atoms with Gasteiger partial charge >= 0.3 is 18.0 Å². The lowest BCUT2D eigenvalue weighted by Gasteiger charge is -2.30. The first-order chi connectivity index (χ1) is 9.40. The molecule has 0 aromatic heterocycles. The third kappa shape index (κ3) is 5.43. The number of ether oxygens (including phenoxy) is 1. The van der Waals surface area contributed by atoms with Gasteiger partial charge in [-0.1, -0.05) is 0 Å². The first kappa shape index (κ1) is 16.2. The quantitative estimate of drug-likeness (QED) is 0.708. The third-order valence-corrected chi connectivity index (χ3v) is 3.12. The van der Waals surface area contributed by atoms with E-state index in [0.29, 0.717) is 25.7 Å². The monoisotopic (exact) mass is 288 g/mol. The van der Waals surface area contributed by atoms with Crippen molar-refractivity contribution in [1.29, 1.82) is 0 Å². The lowest BCUT2D eigenvalue weighted by Crippen LogP contribution is -2.47. The van der Waals surface area contributed by atoms with Gasteiger partial charge in [0.05, 0.1) is 0 Å². The molecule has 2 amide bonds. The van der Waals surface area contributed by atoms with Gasteiger partial charge in [-0.15, -0.1) is 0 Å². The van der Waals surface area contributed by atoms with Crippen molar-refractivity contribution in [3.8, 4) is 0 Å². The van der Waals surface area contributed by atoms with Gasteiger partial charge in [0.15, 0.2) is 0 Å². The molecule has 0 atom stereocenters. The largest absolute Gasteiger partial charge is 0.480 e. The molecule has 0 aromatic rings. The molecule has 0 spiro atoms. The summed E-state index contributed by atoms with van der Waals surface area (Å²) in [6.45, 7) is 0.533. The van der Waals surface area contributed by atoms with Crippen molar-refractivity contribution in [2.45, 2.75) is 12.8 Å². The fourth-order valence-corrected chi connectivity index (χ4v) is 2.15. The highest BCUT2D eigenvalue weighted by atomic mass is 16.5. The van der Waals surface area contributed by atoms with E-state index in [1.54, 1.807) is 7.05 Å². The summed E-state index contributed by atoms with van der Waals surface area (Å²) in [5, 5.41) is 17.5. The third-order valence-electron chi connectivity index (χ3n) is 3.12. The molecule has 0 saturated carbocycles. The molecule has 1 aliphatic rings. The van der Waals surface area contributed by atoms with Crippen LogP contribution in [0.5, 0.6) is 0 Å². The second-order valence-corrected chi connectivity index (χ2v) is 4.86. The van der Waals surface area contributed by atoms with Gasteiger partial charge in [-0.25, -0.2) is 4.79 Å². The van der Waals surface area contributed by atoms with Gasteiger partial charge in [0.25, 0.3) is 0 Å². The number of urea groups is 1. The van der Waals surface area contributed by atoms with Gasteiger partial charge in [-0.3, -0.25) is 9.59 Å². The maximum atomic E-state index is 12.1. The Morgan fingerprint density at radius 2 is 1.60 bits per heavy atom. The summed E-state index contributed by atoms with van der Waals surface area (Å²) in [6.07, 6.45) is 1.69. The van der Waals surface area contributed by atoms with Gasteiger partial charge < -0.3 is 24.7 Å². The van der Waals surface area contributed by atoms with E-state index in [-0.39, 0.29) is 0 Å². The maximum absolute atomic E-state index is 12.1. The first-order valence-electron chi connectivity index (χ1n) is 6.41. The van der Waals surface area contributed by atoms with Crippen molar-refractivity contribution >= 4 is 18.0 Å². The zero-order valence-electron chi connectivity index (χ0n) is 11.4.